The summed E-state index contributed by atoms with van der Waals surface area (Å²) in [6.45, 7) is 6.41. The number of nitrogens with zero attached hydrogens (tertiary/aromatic N) is 1. The first kappa shape index (κ1) is 14.0. The summed E-state index contributed by atoms with van der Waals surface area (Å²) in [6, 6.07) is 0. The van der Waals surface area contributed by atoms with Gasteiger partial charge in [0.25, 0.3) is 0 Å². The molecule has 0 atom stereocenters. The van der Waals surface area contributed by atoms with E-state index in [1.165, 1.54) is 30.6 Å². The van der Waals surface area contributed by atoms with E-state index in [4.69, 9.17) is 0 Å². The van der Waals surface area contributed by atoms with Crippen LogP contribution in [0.5, 0.6) is 0 Å². The Balaban J connectivity index is 1.93. The predicted molar refractivity (Wildman–Crippen MR) is 77.1 cm³/mol. The Kier molecular flexibility index (Phi) is 4.44. The van der Waals surface area contributed by atoms with Crippen molar-refractivity contribution in [3.63, 3.8) is 0 Å². The van der Waals surface area contributed by atoms with Crippen molar-refractivity contribution in [3.05, 3.63) is 15.6 Å². The summed E-state index contributed by atoms with van der Waals surface area (Å²) in [5.74, 6) is 0.843. The molecule has 1 heterocycles. The van der Waals surface area contributed by atoms with Gasteiger partial charge in [-0.25, -0.2) is 4.98 Å². The highest BCUT2D eigenvalue weighted by Gasteiger charge is 2.33. The number of aryl methyl sites for hydroxylation is 2. The van der Waals surface area contributed by atoms with E-state index in [9.17, 15) is 5.11 Å². The van der Waals surface area contributed by atoms with Crippen molar-refractivity contribution in [2.24, 2.45) is 5.92 Å². The zero-order chi connectivity index (χ0) is 13.2. The SMILES string of the molecule is CCCC1CCC(O)(Cc2nc(C)c(C)s2)CC1. The Labute approximate surface area is 114 Å². The number of hydrogen-bond acceptors (Lipinski definition) is 3. The minimum atomic E-state index is -0.485. The molecule has 0 radical (unpaired) electrons. The highest BCUT2D eigenvalue weighted by Crippen LogP contribution is 2.37. The molecule has 0 bridgehead atoms. The van der Waals surface area contributed by atoms with Crippen LogP contribution < -0.4 is 0 Å². The van der Waals surface area contributed by atoms with Gasteiger partial charge in [0.05, 0.1) is 16.3 Å². The first-order valence-corrected chi connectivity index (χ1v) is 7.99. The minimum absolute atomic E-state index is 0.485. The number of aliphatic hydroxyl groups is 1. The van der Waals surface area contributed by atoms with Crippen LogP contribution in [-0.4, -0.2) is 15.7 Å². The van der Waals surface area contributed by atoms with Crippen LogP contribution in [0.2, 0.25) is 0 Å². The van der Waals surface area contributed by atoms with E-state index in [1.54, 1.807) is 11.3 Å². The van der Waals surface area contributed by atoms with E-state index < -0.39 is 5.60 Å². The fraction of sp³-hybridized carbons (Fsp3) is 0.800. The second kappa shape index (κ2) is 5.70. The van der Waals surface area contributed by atoms with Crippen LogP contribution in [0.1, 0.15) is 61.0 Å². The largest absolute Gasteiger partial charge is 0.389 e. The lowest BCUT2D eigenvalue weighted by Gasteiger charge is -2.35. The van der Waals surface area contributed by atoms with Gasteiger partial charge in [0, 0.05) is 11.3 Å². The van der Waals surface area contributed by atoms with E-state index in [2.05, 4.69) is 25.8 Å². The van der Waals surface area contributed by atoms with Gasteiger partial charge in [0.2, 0.25) is 0 Å². The predicted octanol–water partition coefficient (Wildman–Crippen LogP) is 4.02. The number of rotatable bonds is 4. The third-order valence-corrected chi connectivity index (χ3v) is 5.36. The van der Waals surface area contributed by atoms with Gasteiger partial charge in [0.15, 0.2) is 0 Å². The lowest BCUT2D eigenvalue weighted by atomic mass is 9.76. The molecular weight excluding hydrogens is 242 g/mol. The summed E-state index contributed by atoms with van der Waals surface area (Å²) in [6.07, 6.45) is 7.64. The molecule has 1 aliphatic rings. The monoisotopic (exact) mass is 267 g/mol. The van der Waals surface area contributed by atoms with E-state index in [-0.39, 0.29) is 0 Å². The molecule has 2 rings (SSSR count). The van der Waals surface area contributed by atoms with E-state index in [1.807, 2.05) is 0 Å². The number of hydrogen-bond donors (Lipinski definition) is 1. The molecule has 1 aromatic rings. The molecule has 2 nitrogen and oxygen atoms in total. The van der Waals surface area contributed by atoms with Crippen molar-refractivity contribution in [3.8, 4) is 0 Å². The van der Waals surface area contributed by atoms with Crippen LogP contribution >= 0.6 is 11.3 Å². The van der Waals surface area contributed by atoms with Gasteiger partial charge in [0.1, 0.15) is 0 Å². The van der Waals surface area contributed by atoms with Gasteiger partial charge in [-0.1, -0.05) is 19.8 Å². The lowest BCUT2D eigenvalue weighted by molar-refractivity contribution is -0.00991. The Bertz CT molecular complexity index is 372. The van der Waals surface area contributed by atoms with Crippen molar-refractivity contribution in [1.29, 1.82) is 0 Å². The van der Waals surface area contributed by atoms with Crippen LogP contribution in [0.15, 0.2) is 0 Å². The molecule has 1 saturated carbocycles. The third-order valence-electron chi connectivity index (χ3n) is 4.29. The van der Waals surface area contributed by atoms with Crippen molar-refractivity contribution in [1.82, 2.24) is 4.98 Å². The molecule has 102 valence electrons. The van der Waals surface area contributed by atoms with E-state index in [0.717, 1.165) is 35.9 Å². The van der Waals surface area contributed by atoms with Crippen molar-refractivity contribution in [2.75, 3.05) is 0 Å². The minimum Gasteiger partial charge on any atom is -0.389 e. The lowest BCUT2D eigenvalue weighted by Crippen LogP contribution is -2.36. The summed E-state index contributed by atoms with van der Waals surface area (Å²) in [5.41, 5.74) is 0.638. The molecule has 0 aromatic carbocycles. The van der Waals surface area contributed by atoms with E-state index in [0.29, 0.717) is 0 Å². The van der Waals surface area contributed by atoms with Gasteiger partial charge < -0.3 is 5.11 Å². The standard InChI is InChI=1S/C15H25NOS/c1-4-5-13-6-8-15(17,9-7-13)10-14-16-11(2)12(3)18-14/h13,17H,4-10H2,1-3H3. The van der Waals surface area contributed by atoms with Gasteiger partial charge in [-0.15, -0.1) is 11.3 Å². The van der Waals surface area contributed by atoms with Crippen molar-refractivity contribution >= 4 is 11.3 Å². The Morgan fingerprint density at radius 1 is 1.33 bits per heavy atom. The molecule has 1 N–H and O–H groups in total. The fourth-order valence-electron chi connectivity index (χ4n) is 2.98. The van der Waals surface area contributed by atoms with E-state index >= 15 is 0 Å². The van der Waals surface area contributed by atoms with Gasteiger partial charge in [-0.2, -0.15) is 0 Å². The fourth-order valence-corrected chi connectivity index (χ4v) is 4.06. The molecular formula is C15H25NOS. The molecule has 18 heavy (non-hydrogen) atoms. The molecule has 3 heteroatoms. The molecule has 1 aromatic heterocycles. The second-order valence-corrected chi connectivity index (χ2v) is 7.17. The zero-order valence-electron chi connectivity index (χ0n) is 11.8. The Morgan fingerprint density at radius 3 is 2.50 bits per heavy atom. The highest BCUT2D eigenvalue weighted by molar-refractivity contribution is 7.11. The van der Waals surface area contributed by atoms with Gasteiger partial charge in [-0.05, 0) is 45.4 Å². The maximum absolute atomic E-state index is 10.7. The van der Waals surface area contributed by atoms with Crippen LogP contribution in [-0.2, 0) is 6.42 Å². The molecule has 0 spiro atoms. The molecule has 0 amide bonds. The summed E-state index contributed by atoms with van der Waals surface area (Å²) < 4.78 is 0. The summed E-state index contributed by atoms with van der Waals surface area (Å²) in [7, 11) is 0. The average molecular weight is 267 g/mol. The topological polar surface area (TPSA) is 33.1 Å². The third kappa shape index (κ3) is 3.33. The average Bonchev–Trinajstić information content (AvgIpc) is 2.61. The van der Waals surface area contributed by atoms with Crippen molar-refractivity contribution < 1.29 is 5.11 Å². The Hall–Kier alpha value is -0.410. The molecule has 0 unspecified atom stereocenters. The van der Waals surface area contributed by atoms with Crippen LogP contribution in [0.3, 0.4) is 0 Å². The first-order chi connectivity index (χ1) is 8.52. The van der Waals surface area contributed by atoms with Crippen LogP contribution in [0.4, 0.5) is 0 Å². The Morgan fingerprint density at radius 2 is 2.00 bits per heavy atom. The molecule has 1 aliphatic carbocycles. The maximum atomic E-state index is 10.7. The van der Waals surface area contributed by atoms with Crippen LogP contribution in [0.25, 0.3) is 0 Å². The van der Waals surface area contributed by atoms with Crippen molar-refractivity contribution in [2.45, 2.75) is 71.3 Å². The summed E-state index contributed by atoms with van der Waals surface area (Å²) >= 11 is 1.75. The molecule has 0 saturated heterocycles. The molecule has 1 fully saturated rings. The second-order valence-electron chi connectivity index (χ2n) is 5.88. The van der Waals surface area contributed by atoms with Gasteiger partial charge >= 0.3 is 0 Å². The summed E-state index contributed by atoms with van der Waals surface area (Å²) in [5, 5.41) is 11.8. The van der Waals surface area contributed by atoms with Crippen LogP contribution in [0, 0.1) is 19.8 Å². The summed E-state index contributed by atoms with van der Waals surface area (Å²) in [4.78, 5) is 5.85. The number of thiazole rings is 1. The molecule has 0 aliphatic heterocycles. The van der Waals surface area contributed by atoms with Gasteiger partial charge in [-0.3, -0.25) is 0 Å². The highest BCUT2D eigenvalue weighted by atomic mass is 32.1. The maximum Gasteiger partial charge on any atom is 0.0959 e. The zero-order valence-corrected chi connectivity index (χ0v) is 12.6. The smallest absolute Gasteiger partial charge is 0.0959 e. The normalized spacial score (nSPS) is 28.6. The first-order valence-electron chi connectivity index (χ1n) is 7.18. The number of aromatic nitrogens is 1. The quantitative estimate of drug-likeness (QED) is 0.893.